The molecule has 1 aromatic rings. The van der Waals surface area contributed by atoms with Gasteiger partial charge in [0.25, 0.3) is 5.91 Å². The zero-order valence-corrected chi connectivity index (χ0v) is 17.2. The Morgan fingerprint density at radius 1 is 0.929 bits per heavy atom. The number of nitrogens with one attached hydrogen (secondary N) is 1. The lowest BCUT2D eigenvalue weighted by molar-refractivity contribution is -0.186. The van der Waals surface area contributed by atoms with E-state index in [2.05, 4.69) is 5.32 Å². The van der Waals surface area contributed by atoms with Crippen LogP contribution in [0.5, 0.6) is 17.2 Å². The zero-order chi connectivity index (χ0) is 19.9. The van der Waals surface area contributed by atoms with Crippen molar-refractivity contribution in [1.29, 1.82) is 0 Å². The van der Waals surface area contributed by atoms with E-state index in [9.17, 15) is 4.79 Å². The summed E-state index contributed by atoms with van der Waals surface area (Å²) in [4.78, 5) is 13.0. The Morgan fingerprint density at radius 2 is 1.54 bits per heavy atom. The van der Waals surface area contributed by atoms with Gasteiger partial charge in [0, 0.05) is 13.7 Å². The van der Waals surface area contributed by atoms with Gasteiger partial charge >= 0.3 is 0 Å². The molecule has 0 saturated heterocycles. The Hall–Kier alpha value is -1.95. The maximum atomic E-state index is 13.0. The van der Waals surface area contributed by atoms with E-state index in [1.807, 2.05) is 7.11 Å². The minimum absolute atomic E-state index is 0.178. The standard InChI is InChI=1S/C22H31NO5/c1-25-18-6-5-17(19(26-2)20(18)27-3)21(24)23-12-22(28-4)15-8-13-7-14(10-15)11-16(22)9-13/h5-6,13-16H,7-12H2,1-4H3,(H,23,24). The third kappa shape index (κ3) is 2.93. The minimum Gasteiger partial charge on any atom is -0.493 e. The average molecular weight is 389 g/mol. The molecule has 28 heavy (non-hydrogen) atoms. The highest BCUT2D eigenvalue weighted by molar-refractivity contribution is 5.98. The van der Waals surface area contributed by atoms with Crippen molar-refractivity contribution in [3.63, 3.8) is 0 Å². The van der Waals surface area contributed by atoms with Crippen LogP contribution in [0.3, 0.4) is 0 Å². The van der Waals surface area contributed by atoms with Gasteiger partial charge < -0.3 is 24.3 Å². The molecule has 6 nitrogen and oxygen atoms in total. The largest absolute Gasteiger partial charge is 0.493 e. The molecule has 0 unspecified atom stereocenters. The summed E-state index contributed by atoms with van der Waals surface area (Å²) in [5.74, 6) is 3.96. The molecule has 4 aliphatic rings. The van der Waals surface area contributed by atoms with Crippen molar-refractivity contribution >= 4 is 5.91 Å². The van der Waals surface area contributed by atoms with Crippen LogP contribution in [0.4, 0.5) is 0 Å². The van der Waals surface area contributed by atoms with Crippen LogP contribution in [0.15, 0.2) is 12.1 Å². The number of rotatable bonds is 7. The van der Waals surface area contributed by atoms with Gasteiger partial charge in [0.1, 0.15) is 0 Å². The first-order chi connectivity index (χ1) is 13.6. The first-order valence-electron chi connectivity index (χ1n) is 10.2. The molecule has 0 aromatic heterocycles. The summed E-state index contributed by atoms with van der Waals surface area (Å²) in [5.41, 5.74) is 0.197. The zero-order valence-electron chi connectivity index (χ0n) is 17.2. The lowest BCUT2D eigenvalue weighted by Gasteiger charge is -2.60. The van der Waals surface area contributed by atoms with Gasteiger partial charge in [-0.3, -0.25) is 4.79 Å². The molecule has 4 fully saturated rings. The SMILES string of the molecule is COc1ccc(C(=O)NCC2(OC)C3CC4CC(C3)CC2C4)c(OC)c1OC. The Balaban J connectivity index is 1.54. The van der Waals surface area contributed by atoms with E-state index >= 15 is 0 Å². The van der Waals surface area contributed by atoms with Crippen molar-refractivity contribution in [3.8, 4) is 17.2 Å². The van der Waals surface area contributed by atoms with Crippen LogP contribution in [0, 0.1) is 23.7 Å². The van der Waals surface area contributed by atoms with Crippen LogP contribution >= 0.6 is 0 Å². The molecule has 6 heteroatoms. The molecule has 0 heterocycles. The van der Waals surface area contributed by atoms with Crippen molar-refractivity contribution in [2.24, 2.45) is 23.7 Å². The molecule has 4 aliphatic carbocycles. The smallest absolute Gasteiger partial charge is 0.255 e. The van der Waals surface area contributed by atoms with Crippen LogP contribution in [0.1, 0.15) is 42.5 Å². The summed E-state index contributed by atoms with van der Waals surface area (Å²) in [6.45, 7) is 0.536. The number of ether oxygens (including phenoxy) is 4. The first kappa shape index (κ1) is 19.4. The van der Waals surface area contributed by atoms with Gasteiger partial charge in [-0.15, -0.1) is 0 Å². The molecule has 5 rings (SSSR count). The fraction of sp³-hybridized carbons (Fsp3) is 0.682. The van der Waals surface area contributed by atoms with Gasteiger partial charge in [-0.05, 0) is 67.9 Å². The van der Waals surface area contributed by atoms with Crippen molar-refractivity contribution < 1.29 is 23.7 Å². The summed E-state index contributed by atoms with van der Waals surface area (Å²) in [7, 11) is 6.44. The van der Waals surface area contributed by atoms with Crippen LogP contribution in [-0.4, -0.2) is 46.5 Å². The summed E-state index contributed by atoms with van der Waals surface area (Å²) in [5, 5.41) is 3.14. The summed E-state index contributed by atoms with van der Waals surface area (Å²) < 4.78 is 22.3. The third-order valence-corrected chi connectivity index (χ3v) is 7.37. The number of amides is 1. The molecule has 1 N–H and O–H groups in total. The van der Waals surface area contributed by atoms with E-state index < -0.39 is 0 Å². The Morgan fingerprint density at radius 3 is 2.04 bits per heavy atom. The summed E-state index contributed by atoms with van der Waals surface area (Å²) in [6, 6.07) is 3.44. The summed E-state index contributed by atoms with van der Waals surface area (Å²) in [6.07, 6.45) is 6.32. The van der Waals surface area contributed by atoms with Gasteiger partial charge in [0.05, 0.1) is 32.5 Å². The lowest BCUT2D eigenvalue weighted by atomic mass is 9.49. The second kappa shape index (κ2) is 7.47. The van der Waals surface area contributed by atoms with Crippen LogP contribution < -0.4 is 19.5 Å². The molecule has 1 amide bonds. The van der Waals surface area contributed by atoms with E-state index in [1.54, 1.807) is 19.2 Å². The van der Waals surface area contributed by atoms with Crippen LogP contribution in [0.25, 0.3) is 0 Å². The molecule has 0 atom stereocenters. The Kier molecular flexibility index (Phi) is 5.17. The number of hydrogen-bond acceptors (Lipinski definition) is 5. The first-order valence-corrected chi connectivity index (χ1v) is 10.2. The molecule has 4 saturated carbocycles. The highest BCUT2D eigenvalue weighted by Gasteiger charge is 2.57. The second-order valence-electron chi connectivity index (χ2n) is 8.53. The molecule has 0 spiro atoms. The highest BCUT2D eigenvalue weighted by atomic mass is 16.5. The Bertz CT molecular complexity index is 719. The maximum absolute atomic E-state index is 13.0. The highest BCUT2D eigenvalue weighted by Crippen LogP contribution is 2.59. The molecular formula is C22H31NO5. The van der Waals surface area contributed by atoms with Crippen molar-refractivity contribution in [3.05, 3.63) is 17.7 Å². The fourth-order valence-corrected chi connectivity index (χ4v) is 6.27. The predicted molar refractivity (Wildman–Crippen MR) is 105 cm³/mol. The molecule has 0 radical (unpaired) electrons. The van der Waals surface area contributed by atoms with Gasteiger partial charge in [-0.2, -0.15) is 0 Å². The third-order valence-electron chi connectivity index (χ3n) is 7.37. The van der Waals surface area contributed by atoms with E-state index in [1.165, 1.54) is 46.3 Å². The van der Waals surface area contributed by atoms with Gasteiger partial charge in [-0.1, -0.05) is 0 Å². The van der Waals surface area contributed by atoms with E-state index in [-0.39, 0.29) is 11.5 Å². The predicted octanol–water partition coefficient (Wildman–Crippen LogP) is 3.28. The van der Waals surface area contributed by atoms with Gasteiger partial charge in [-0.25, -0.2) is 0 Å². The van der Waals surface area contributed by atoms with E-state index in [0.717, 1.165) is 11.8 Å². The van der Waals surface area contributed by atoms with Gasteiger partial charge in [0.2, 0.25) is 5.75 Å². The average Bonchev–Trinajstić information content (AvgIpc) is 2.71. The van der Waals surface area contributed by atoms with Crippen molar-refractivity contribution in [2.75, 3.05) is 35.0 Å². The Labute approximate surface area is 166 Å². The quantitative estimate of drug-likeness (QED) is 0.775. The maximum Gasteiger partial charge on any atom is 0.255 e. The second-order valence-corrected chi connectivity index (χ2v) is 8.53. The van der Waals surface area contributed by atoms with Crippen molar-refractivity contribution in [2.45, 2.75) is 37.7 Å². The topological polar surface area (TPSA) is 66.0 Å². The number of carbonyl (C=O) groups excluding carboxylic acids is 1. The number of hydrogen-bond donors (Lipinski definition) is 1. The molecule has 4 bridgehead atoms. The number of benzene rings is 1. The number of methoxy groups -OCH3 is 4. The number of carbonyl (C=O) groups is 1. The van der Waals surface area contributed by atoms with Gasteiger partial charge in [0.15, 0.2) is 11.5 Å². The fourth-order valence-electron chi connectivity index (χ4n) is 6.27. The van der Waals surface area contributed by atoms with E-state index in [0.29, 0.717) is 41.2 Å². The monoisotopic (exact) mass is 389 g/mol. The van der Waals surface area contributed by atoms with Crippen LogP contribution in [0.2, 0.25) is 0 Å². The van der Waals surface area contributed by atoms with Crippen molar-refractivity contribution in [1.82, 2.24) is 5.32 Å². The molecular weight excluding hydrogens is 358 g/mol. The minimum atomic E-state index is -0.243. The normalized spacial score (nSPS) is 32.9. The van der Waals surface area contributed by atoms with E-state index in [4.69, 9.17) is 18.9 Å². The molecule has 154 valence electrons. The summed E-state index contributed by atoms with van der Waals surface area (Å²) >= 11 is 0. The lowest BCUT2D eigenvalue weighted by Crippen LogP contribution is -2.63. The van der Waals surface area contributed by atoms with Crippen LogP contribution in [-0.2, 0) is 4.74 Å². The molecule has 0 aliphatic heterocycles. The molecule has 1 aromatic carbocycles.